The predicted molar refractivity (Wildman–Crippen MR) is 79.4 cm³/mol. The molecule has 1 aromatic heterocycles. The maximum Gasteiger partial charge on any atom is 0.255 e. The molecule has 0 aliphatic rings. The van der Waals surface area contributed by atoms with Crippen molar-refractivity contribution in [3.63, 3.8) is 0 Å². The van der Waals surface area contributed by atoms with E-state index >= 15 is 0 Å². The van der Waals surface area contributed by atoms with E-state index in [1.807, 2.05) is 39.2 Å². The van der Waals surface area contributed by atoms with Crippen molar-refractivity contribution >= 4 is 27.5 Å². The first kappa shape index (κ1) is 13.8. The van der Waals surface area contributed by atoms with Crippen molar-refractivity contribution in [2.45, 2.75) is 20.3 Å². The van der Waals surface area contributed by atoms with Crippen LogP contribution < -0.4 is 5.32 Å². The maximum absolute atomic E-state index is 12.2. The summed E-state index contributed by atoms with van der Waals surface area (Å²) in [7, 11) is 1.85. The van der Waals surface area contributed by atoms with Gasteiger partial charge in [0.25, 0.3) is 5.91 Å². The highest BCUT2D eigenvalue weighted by molar-refractivity contribution is 9.10. The SMILES string of the molecule is CCc1nn(C)cc1NC(=O)c1ccc(Br)c(C)c1. The van der Waals surface area contributed by atoms with Crippen LogP contribution in [0.2, 0.25) is 0 Å². The van der Waals surface area contributed by atoms with Gasteiger partial charge in [-0.05, 0) is 37.1 Å². The lowest BCUT2D eigenvalue weighted by molar-refractivity contribution is 0.102. The number of carbonyl (C=O) groups is 1. The zero-order valence-electron chi connectivity index (χ0n) is 11.2. The molecule has 0 atom stereocenters. The van der Waals surface area contributed by atoms with Crippen LogP contribution in [0.3, 0.4) is 0 Å². The molecule has 19 heavy (non-hydrogen) atoms. The Hall–Kier alpha value is -1.62. The molecule has 0 aliphatic carbocycles. The zero-order chi connectivity index (χ0) is 14.0. The second kappa shape index (κ2) is 5.57. The number of aromatic nitrogens is 2. The van der Waals surface area contributed by atoms with Crippen molar-refractivity contribution in [2.75, 3.05) is 5.32 Å². The molecule has 2 rings (SSSR count). The van der Waals surface area contributed by atoms with Crippen LogP contribution in [0.25, 0.3) is 0 Å². The molecule has 0 aliphatic heterocycles. The largest absolute Gasteiger partial charge is 0.319 e. The topological polar surface area (TPSA) is 46.9 Å². The summed E-state index contributed by atoms with van der Waals surface area (Å²) < 4.78 is 2.71. The second-order valence-corrected chi connectivity index (χ2v) is 5.29. The monoisotopic (exact) mass is 321 g/mol. The van der Waals surface area contributed by atoms with Crippen molar-refractivity contribution in [2.24, 2.45) is 7.05 Å². The van der Waals surface area contributed by atoms with Gasteiger partial charge in [-0.2, -0.15) is 5.10 Å². The van der Waals surface area contributed by atoms with E-state index in [1.54, 1.807) is 10.7 Å². The highest BCUT2D eigenvalue weighted by Crippen LogP contribution is 2.19. The molecule has 0 spiro atoms. The normalized spacial score (nSPS) is 10.5. The number of carbonyl (C=O) groups excluding carboxylic acids is 1. The van der Waals surface area contributed by atoms with E-state index < -0.39 is 0 Å². The lowest BCUT2D eigenvalue weighted by atomic mass is 10.1. The first-order valence-corrected chi connectivity index (χ1v) is 6.90. The lowest BCUT2D eigenvalue weighted by Crippen LogP contribution is -2.12. The van der Waals surface area contributed by atoms with Crippen LogP contribution in [0.5, 0.6) is 0 Å². The number of halogens is 1. The third-order valence-electron chi connectivity index (χ3n) is 2.91. The maximum atomic E-state index is 12.2. The number of nitrogens with zero attached hydrogens (tertiary/aromatic N) is 2. The standard InChI is InChI=1S/C14H16BrN3O/c1-4-12-13(8-18(3)17-12)16-14(19)10-5-6-11(15)9(2)7-10/h5-8H,4H2,1-3H3,(H,16,19). The van der Waals surface area contributed by atoms with Crippen LogP contribution in [0.15, 0.2) is 28.9 Å². The number of nitrogens with one attached hydrogen (secondary N) is 1. The fourth-order valence-corrected chi connectivity index (χ4v) is 2.13. The minimum absolute atomic E-state index is 0.113. The smallest absolute Gasteiger partial charge is 0.255 e. The summed E-state index contributed by atoms with van der Waals surface area (Å²) in [6.07, 6.45) is 2.61. The Morgan fingerprint density at radius 1 is 1.47 bits per heavy atom. The first-order chi connectivity index (χ1) is 9.01. The van der Waals surface area contributed by atoms with Gasteiger partial charge in [0, 0.05) is 23.3 Å². The molecule has 100 valence electrons. The van der Waals surface area contributed by atoms with E-state index in [-0.39, 0.29) is 5.91 Å². The molecule has 0 saturated heterocycles. The van der Waals surface area contributed by atoms with Crippen LogP contribution in [0.4, 0.5) is 5.69 Å². The summed E-state index contributed by atoms with van der Waals surface area (Å²) in [4.78, 5) is 12.2. The highest BCUT2D eigenvalue weighted by Gasteiger charge is 2.12. The van der Waals surface area contributed by atoms with Gasteiger partial charge < -0.3 is 5.32 Å². The molecular weight excluding hydrogens is 306 g/mol. The Morgan fingerprint density at radius 3 is 2.84 bits per heavy atom. The molecule has 1 amide bonds. The summed E-state index contributed by atoms with van der Waals surface area (Å²) in [6, 6.07) is 5.55. The molecule has 1 aromatic carbocycles. The zero-order valence-corrected chi connectivity index (χ0v) is 12.8. The van der Waals surface area contributed by atoms with Crippen LogP contribution in [0.1, 0.15) is 28.5 Å². The average molecular weight is 322 g/mol. The number of hydrogen-bond acceptors (Lipinski definition) is 2. The van der Waals surface area contributed by atoms with Gasteiger partial charge in [0.2, 0.25) is 0 Å². The highest BCUT2D eigenvalue weighted by atomic mass is 79.9. The molecule has 0 fully saturated rings. The summed E-state index contributed by atoms with van der Waals surface area (Å²) in [5.41, 5.74) is 3.35. The van der Waals surface area contributed by atoms with Gasteiger partial charge in [-0.1, -0.05) is 22.9 Å². The van der Waals surface area contributed by atoms with Crippen molar-refractivity contribution in [1.29, 1.82) is 0 Å². The number of hydrogen-bond donors (Lipinski definition) is 1. The molecule has 4 nitrogen and oxygen atoms in total. The predicted octanol–water partition coefficient (Wildman–Crippen LogP) is 3.31. The molecule has 5 heteroatoms. The summed E-state index contributed by atoms with van der Waals surface area (Å²) in [5, 5.41) is 7.21. The number of benzene rings is 1. The van der Waals surface area contributed by atoms with Crippen molar-refractivity contribution in [3.05, 3.63) is 45.7 Å². The van der Waals surface area contributed by atoms with Gasteiger partial charge >= 0.3 is 0 Å². The van der Waals surface area contributed by atoms with E-state index in [1.165, 1.54) is 0 Å². The van der Waals surface area contributed by atoms with Crippen molar-refractivity contribution < 1.29 is 4.79 Å². The number of rotatable bonds is 3. The Bertz CT molecular complexity index is 619. The minimum Gasteiger partial charge on any atom is -0.319 e. The minimum atomic E-state index is -0.113. The fourth-order valence-electron chi connectivity index (χ4n) is 1.88. The van der Waals surface area contributed by atoms with E-state index in [9.17, 15) is 4.79 Å². The summed E-state index contributed by atoms with van der Waals surface area (Å²) >= 11 is 3.43. The van der Waals surface area contributed by atoms with Crippen molar-refractivity contribution in [3.8, 4) is 0 Å². The van der Waals surface area contributed by atoms with Crippen LogP contribution in [0, 0.1) is 6.92 Å². The van der Waals surface area contributed by atoms with E-state index in [0.717, 1.165) is 27.8 Å². The first-order valence-electron chi connectivity index (χ1n) is 6.11. The van der Waals surface area contributed by atoms with Gasteiger partial charge in [-0.15, -0.1) is 0 Å². The lowest BCUT2D eigenvalue weighted by Gasteiger charge is -2.06. The quantitative estimate of drug-likeness (QED) is 0.942. The molecule has 0 radical (unpaired) electrons. The Balaban J connectivity index is 2.22. The fraction of sp³-hybridized carbons (Fsp3) is 0.286. The van der Waals surface area contributed by atoms with E-state index in [4.69, 9.17) is 0 Å². The molecule has 0 saturated carbocycles. The van der Waals surface area contributed by atoms with E-state index in [2.05, 4.69) is 26.3 Å². The Morgan fingerprint density at radius 2 is 2.21 bits per heavy atom. The molecule has 0 unspecified atom stereocenters. The van der Waals surface area contributed by atoms with Crippen LogP contribution in [-0.2, 0) is 13.5 Å². The van der Waals surface area contributed by atoms with Gasteiger partial charge in [-0.3, -0.25) is 9.48 Å². The van der Waals surface area contributed by atoms with E-state index in [0.29, 0.717) is 5.56 Å². The molecule has 2 aromatic rings. The number of amides is 1. The van der Waals surface area contributed by atoms with Gasteiger partial charge in [0.1, 0.15) is 0 Å². The summed E-state index contributed by atoms with van der Waals surface area (Å²) in [6.45, 7) is 3.98. The molecular formula is C14H16BrN3O. The summed E-state index contributed by atoms with van der Waals surface area (Å²) in [5.74, 6) is -0.113. The third-order valence-corrected chi connectivity index (χ3v) is 3.80. The number of anilines is 1. The molecule has 1 heterocycles. The van der Waals surface area contributed by atoms with Gasteiger partial charge in [0.05, 0.1) is 11.4 Å². The Labute approximate surface area is 120 Å². The average Bonchev–Trinajstić information content (AvgIpc) is 2.72. The van der Waals surface area contributed by atoms with Crippen LogP contribution >= 0.6 is 15.9 Å². The van der Waals surface area contributed by atoms with Gasteiger partial charge in [-0.25, -0.2) is 0 Å². The molecule has 0 bridgehead atoms. The van der Waals surface area contributed by atoms with Gasteiger partial charge in [0.15, 0.2) is 0 Å². The van der Waals surface area contributed by atoms with Crippen molar-refractivity contribution in [1.82, 2.24) is 9.78 Å². The molecule has 1 N–H and O–H groups in total. The Kier molecular flexibility index (Phi) is 4.04. The third kappa shape index (κ3) is 3.04. The number of aryl methyl sites for hydroxylation is 3. The van der Waals surface area contributed by atoms with Crippen LogP contribution in [-0.4, -0.2) is 15.7 Å². The second-order valence-electron chi connectivity index (χ2n) is 4.43.